The number of aromatic nitrogens is 1. The van der Waals surface area contributed by atoms with Crippen molar-refractivity contribution in [1.29, 1.82) is 5.41 Å². The van der Waals surface area contributed by atoms with E-state index in [0.717, 1.165) is 23.9 Å². The molecule has 0 saturated heterocycles. The Morgan fingerprint density at radius 2 is 2.47 bits per heavy atom. The summed E-state index contributed by atoms with van der Waals surface area (Å²) < 4.78 is 0. The number of nitrogens with one attached hydrogen (secondary N) is 2. The van der Waals surface area contributed by atoms with Gasteiger partial charge < -0.3 is 11.1 Å². The summed E-state index contributed by atoms with van der Waals surface area (Å²) in [5.41, 5.74) is 6.54. The molecule has 5 heteroatoms. The summed E-state index contributed by atoms with van der Waals surface area (Å²) in [5.74, 6) is 0.772. The van der Waals surface area contributed by atoms with E-state index in [4.69, 9.17) is 11.1 Å². The number of hydrogen-bond acceptors (Lipinski definition) is 3. The molecule has 4 N–H and O–H groups in total. The zero-order valence-electron chi connectivity index (χ0n) is 10.3. The van der Waals surface area contributed by atoms with Crippen molar-refractivity contribution in [2.24, 2.45) is 11.7 Å². The topological polar surface area (TPSA) is 74.8 Å². The number of fused-ring (bicyclic) bond motifs is 1. The van der Waals surface area contributed by atoms with Crippen LogP contribution >= 0.6 is 11.3 Å². The predicted octanol–water partition coefficient (Wildman–Crippen LogP) is 2.74. The van der Waals surface area contributed by atoms with E-state index in [9.17, 15) is 0 Å². The van der Waals surface area contributed by atoms with Crippen molar-refractivity contribution in [3.05, 3.63) is 10.6 Å². The lowest BCUT2D eigenvalue weighted by molar-refractivity contribution is 0.411. The maximum absolute atomic E-state index is 7.21. The van der Waals surface area contributed by atoms with Crippen molar-refractivity contribution in [3.63, 3.8) is 0 Å². The molecule has 1 aliphatic rings. The third-order valence-electron chi connectivity index (χ3n) is 3.25. The number of unbranched alkanes of at least 4 members (excludes halogenated alkanes) is 1. The molecule has 0 spiro atoms. The molecule has 0 aromatic carbocycles. The first kappa shape index (κ1) is 12.4. The standard InChI is InChI=1S/C12H20N4S/c1-2-3-4-8-5-6-10-9(7-8)15-12(17-10)16-11(13)14/h8H,2-7H2,1H3,(H4,13,14,15,16). The van der Waals surface area contributed by atoms with E-state index >= 15 is 0 Å². The van der Waals surface area contributed by atoms with Crippen LogP contribution in [-0.2, 0) is 12.8 Å². The van der Waals surface area contributed by atoms with Gasteiger partial charge in [-0.2, -0.15) is 0 Å². The molecule has 0 fully saturated rings. The normalized spacial score (nSPS) is 18.8. The Kier molecular flexibility index (Phi) is 3.99. The lowest BCUT2D eigenvalue weighted by Crippen LogP contribution is -2.20. The average Bonchev–Trinajstić information content (AvgIpc) is 2.66. The highest BCUT2D eigenvalue weighted by Gasteiger charge is 2.22. The number of hydrogen-bond donors (Lipinski definition) is 3. The lowest BCUT2D eigenvalue weighted by atomic mass is 9.87. The van der Waals surface area contributed by atoms with Crippen molar-refractivity contribution in [1.82, 2.24) is 4.98 Å². The lowest BCUT2D eigenvalue weighted by Gasteiger charge is -2.20. The fraction of sp³-hybridized carbons (Fsp3) is 0.667. The van der Waals surface area contributed by atoms with Gasteiger partial charge in [-0.3, -0.25) is 5.41 Å². The fourth-order valence-corrected chi connectivity index (χ4v) is 3.37. The molecule has 94 valence electrons. The Balaban J connectivity index is 2.00. The quantitative estimate of drug-likeness (QED) is 0.569. The van der Waals surface area contributed by atoms with Gasteiger partial charge in [0.2, 0.25) is 0 Å². The van der Waals surface area contributed by atoms with E-state index in [1.807, 2.05) is 0 Å². The molecular weight excluding hydrogens is 232 g/mol. The van der Waals surface area contributed by atoms with Gasteiger partial charge in [0.1, 0.15) is 0 Å². The molecule has 17 heavy (non-hydrogen) atoms. The van der Waals surface area contributed by atoms with Gasteiger partial charge in [0.15, 0.2) is 11.1 Å². The Hall–Kier alpha value is -1.10. The molecule has 4 nitrogen and oxygen atoms in total. The number of guanidine groups is 1. The molecule has 1 atom stereocenters. The summed E-state index contributed by atoms with van der Waals surface area (Å²) in [6.07, 6.45) is 7.45. The third-order valence-corrected chi connectivity index (χ3v) is 4.32. The van der Waals surface area contributed by atoms with Gasteiger partial charge in [-0.25, -0.2) is 4.98 Å². The number of nitrogens with zero attached hydrogens (tertiary/aromatic N) is 1. The molecule has 0 bridgehead atoms. The smallest absolute Gasteiger partial charge is 0.192 e. The summed E-state index contributed by atoms with van der Waals surface area (Å²) in [4.78, 5) is 5.91. The first-order valence-electron chi connectivity index (χ1n) is 6.28. The maximum Gasteiger partial charge on any atom is 0.192 e. The molecule has 0 aliphatic heterocycles. The number of thiazole rings is 1. The minimum atomic E-state index is -0.0290. The van der Waals surface area contributed by atoms with Gasteiger partial charge in [0.25, 0.3) is 0 Å². The second kappa shape index (κ2) is 5.49. The van der Waals surface area contributed by atoms with Crippen LogP contribution in [0.25, 0.3) is 0 Å². The summed E-state index contributed by atoms with van der Waals surface area (Å²) in [7, 11) is 0. The number of aryl methyl sites for hydroxylation is 1. The molecule has 1 unspecified atom stereocenters. The van der Waals surface area contributed by atoms with Crippen molar-refractivity contribution >= 4 is 22.4 Å². The molecule has 1 aromatic rings. The first-order valence-corrected chi connectivity index (χ1v) is 7.10. The van der Waals surface area contributed by atoms with E-state index in [0.29, 0.717) is 0 Å². The van der Waals surface area contributed by atoms with Gasteiger partial charge in [0, 0.05) is 4.88 Å². The van der Waals surface area contributed by atoms with Crippen LogP contribution in [0.4, 0.5) is 5.13 Å². The Morgan fingerprint density at radius 3 is 3.18 bits per heavy atom. The van der Waals surface area contributed by atoms with Gasteiger partial charge in [0.05, 0.1) is 5.69 Å². The van der Waals surface area contributed by atoms with Crippen molar-refractivity contribution in [3.8, 4) is 0 Å². The van der Waals surface area contributed by atoms with Gasteiger partial charge in [-0.15, -0.1) is 11.3 Å². The van der Waals surface area contributed by atoms with Crippen molar-refractivity contribution in [2.75, 3.05) is 5.32 Å². The van der Waals surface area contributed by atoms with E-state index in [-0.39, 0.29) is 5.96 Å². The van der Waals surface area contributed by atoms with Crippen LogP contribution in [0.1, 0.15) is 43.2 Å². The second-order valence-electron chi connectivity index (χ2n) is 4.68. The second-order valence-corrected chi connectivity index (χ2v) is 5.76. The average molecular weight is 252 g/mol. The van der Waals surface area contributed by atoms with E-state index in [2.05, 4.69) is 17.2 Å². The molecule has 0 saturated carbocycles. The van der Waals surface area contributed by atoms with Gasteiger partial charge >= 0.3 is 0 Å². The molecule has 1 heterocycles. The Labute approximate surface area is 106 Å². The van der Waals surface area contributed by atoms with Crippen molar-refractivity contribution in [2.45, 2.75) is 45.4 Å². The third kappa shape index (κ3) is 3.19. The SMILES string of the molecule is CCCCC1CCc2sc(NC(=N)N)nc2C1. The Bertz CT molecular complexity index is 399. The van der Waals surface area contributed by atoms with E-state index in [1.54, 1.807) is 11.3 Å². The molecule has 2 rings (SSSR count). The van der Waals surface area contributed by atoms with Crippen LogP contribution < -0.4 is 11.1 Å². The molecule has 1 aromatic heterocycles. The minimum absolute atomic E-state index is 0.0290. The summed E-state index contributed by atoms with van der Waals surface area (Å²) in [6, 6.07) is 0. The predicted molar refractivity (Wildman–Crippen MR) is 72.7 cm³/mol. The fourth-order valence-electron chi connectivity index (χ4n) is 2.36. The zero-order valence-corrected chi connectivity index (χ0v) is 11.1. The monoisotopic (exact) mass is 252 g/mol. The molecule has 0 radical (unpaired) electrons. The first-order chi connectivity index (χ1) is 8.19. The molecule has 0 amide bonds. The van der Waals surface area contributed by atoms with Crippen molar-refractivity contribution < 1.29 is 0 Å². The zero-order chi connectivity index (χ0) is 12.3. The van der Waals surface area contributed by atoms with Crippen LogP contribution in [0.2, 0.25) is 0 Å². The van der Waals surface area contributed by atoms with Crippen LogP contribution in [0.5, 0.6) is 0 Å². The summed E-state index contributed by atoms with van der Waals surface area (Å²) in [6.45, 7) is 2.24. The highest BCUT2D eigenvalue weighted by atomic mass is 32.1. The van der Waals surface area contributed by atoms with Gasteiger partial charge in [-0.05, 0) is 25.2 Å². The van der Waals surface area contributed by atoms with E-state index in [1.165, 1.54) is 36.3 Å². The maximum atomic E-state index is 7.21. The van der Waals surface area contributed by atoms with Crippen LogP contribution in [-0.4, -0.2) is 10.9 Å². The van der Waals surface area contributed by atoms with Gasteiger partial charge in [-0.1, -0.05) is 26.2 Å². The summed E-state index contributed by atoms with van der Waals surface area (Å²) >= 11 is 1.65. The number of anilines is 1. The molecular formula is C12H20N4S. The minimum Gasteiger partial charge on any atom is -0.370 e. The number of rotatable bonds is 4. The van der Waals surface area contributed by atoms with Crippen LogP contribution in [0.15, 0.2) is 0 Å². The molecule has 1 aliphatic carbocycles. The number of nitrogens with two attached hydrogens (primary N) is 1. The van der Waals surface area contributed by atoms with Crippen LogP contribution in [0.3, 0.4) is 0 Å². The highest BCUT2D eigenvalue weighted by molar-refractivity contribution is 7.15. The highest BCUT2D eigenvalue weighted by Crippen LogP contribution is 2.33. The van der Waals surface area contributed by atoms with E-state index < -0.39 is 0 Å². The largest absolute Gasteiger partial charge is 0.370 e. The Morgan fingerprint density at radius 1 is 1.65 bits per heavy atom. The summed E-state index contributed by atoms with van der Waals surface area (Å²) in [5, 5.41) is 10.8. The van der Waals surface area contributed by atoms with Crippen LogP contribution in [0, 0.1) is 11.3 Å².